The lowest BCUT2D eigenvalue weighted by Gasteiger charge is -2.14. The van der Waals surface area contributed by atoms with Crippen LogP contribution in [0.5, 0.6) is 5.88 Å². The highest BCUT2D eigenvalue weighted by molar-refractivity contribution is 6.30. The molecule has 0 aliphatic heterocycles. The van der Waals surface area contributed by atoms with Crippen molar-refractivity contribution < 1.29 is 27.5 Å². The summed E-state index contributed by atoms with van der Waals surface area (Å²) < 4.78 is 48.1. The van der Waals surface area contributed by atoms with Crippen LogP contribution in [0.4, 0.5) is 8.78 Å². The highest BCUT2D eigenvalue weighted by Gasteiger charge is 2.30. The van der Waals surface area contributed by atoms with Crippen molar-refractivity contribution in [3.05, 3.63) is 89.0 Å². The zero-order valence-corrected chi connectivity index (χ0v) is 21.6. The zero-order chi connectivity index (χ0) is 27.3. The van der Waals surface area contributed by atoms with Gasteiger partial charge in [-0.1, -0.05) is 11.6 Å². The Morgan fingerprint density at radius 3 is 2.77 bits per heavy atom. The van der Waals surface area contributed by atoms with E-state index in [-0.39, 0.29) is 40.8 Å². The Labute approximate surface area is 225 Å². The number of benzene rings is 2. The van der Waals surface area contributed by atoms with Crippen LogP contribution < -0.4 is 4.74 Å². The number of halogens is 3. The van der Waals surface area contributed by atoms with E-state index in [1.54, 1.807) is 35.9 Å². The van der Waals surface area contributed by atoms with Gasteiger partial charge in [-0.15, -0.1) is 0 Å². The monoisotopic (exact) mass is 547 g/mol. The maximum absolute atomic E-state index is 15.4. The summed E-state index contributed by atoms with van der Waals surface area (Å²) in [6, 6.07) is 12.1. The van der Waals surface area contributed by atoms with Gasteiger partial charge < -0.3 is 18.5 Å². The number of esters is 1. The van der Waals surface area contributed by atoms with Gasteiger partial charge in [-0.3, -0.25) is 0 Å². The molecule has 10 heteroatoms. The smallest absolute Gasteiger partial charge is 0.355 e. The first-order chi connectivity index (χ1) is 18.9. The van der Waals surface area contributed by atoms with Crippen molar-refractivity contribution in [2.75, 3.05) is 13.7 Å². The predicted octanol–water partition coefficient (Wildman–Crippen LogP) is 7.16. The van der Waals surface area contributed by atoms with Crippen LogP contribution in [0.2, 0.25) is 5.15 Å². The summed E-state index contributed by atoms with van der Waals surface area (Å²) in [5.74, 6) is -1.38. The van der Waals surface area contributed by atoms with Gasteiger partial charge in [-0.2, -0.15) is 0 Å². The van der Waals surface area contributed by atoms with Gasteiger partial charge in [0.15, 0.2) is 0 Å². The zero-order valence-electron chi connectivity index (χ0n) is 20.8. The second-order valence-corrected chi connectivity index (χ2v) is 9.16. The van der Waals surface area contributed by atoms with Crippen molar-refractivity contribution in [3.8, 4) is 17.0 Å². The van der Waals surface area contributed by atoms with Crippen molar-refractivity contribution >= 4 is 50.3 Å². The molecule has 0 bridgehead atoms. The molecule has 0 atom stereocenters. The average Bonchev–Trinajstić information content (AvgIpc) is 3.53. The van der Waals surface area contributed by atoms with Gasteiger partial charge in [0, 0.05) is 29.3 Å². The molecule has 196 valence electrons. The summed E-state index contributed by atoms with van der Waals surface area (Å²) in [7, 11) is 1.47. The normalized spacial score (nSPS) is 11.5. The molecule has 7 nitrogen and oxygen atoms in total. The summed E-state index contributed by atoms with van der Waals surface area (Å²) in [5, 5.41) is 1.41. The second kappa shape index (κ2) is 9.67. The van der Waals surface area contributed by atoms with E-state index in [1.165, 1.54) is 43.7 Å². The number of aromatic nitrogens is 3. The largest absolute Gasteiger partial charge is 0.481 e. The van der Waals surface area contributed by atoms with E-state index >= 15 is 4.39 Å². The Hall–Kier alpha value is -4.50. The fraction of sp³-hybridized carbons (Fsp3) is 0.138. The van der Waals surface area contributed by atoms with E-state index in [9.17, 15) is 9.18 Å². The number of ether oxygens (including phenoxy) is 2. The van der Waals surface area contributed by atoms with Crippen LogP contribution in [0.15, 0.2) is 65.4 Å². The molecule has 6 rings (SSSR count). The number of nitrogens with zero attached hydrogens (tertiary/aromatic N) is 3. The third-order valence-corrected chi connectivity index (χ3v) is 6.77. The van der Waals surface area contributed by atoms with Gasteiger partial charge in [0.1, 0.15) is 28.1 Å². The van der Waals surface area contributed by atoms with E-state index < -0.39 is 17.6 Å². The molecule has 0 saturated carbocycles. The number of carbonyl (C=O) groups excluding carboxylic acids is 1. The van der Waals surface area contributed by atoms with E-state index in [4.69, 9.17) is 25.5 Å². The van der Waals surface area contributed by atoms with E-state index in [0.29, 0.717) is 38.5 Å². The first-order valence-corrected chi connectivity index (χ1v) is 12.4. The van der Waals surface area contributed by atoms with Crippen molar-refractivity contribution in [1.82, 2.24) is 14.5 Å². The van der Waals surface area contributed by atoms with Crippen molar-refractivity contribution in [1.29, 1.82) is 0 Å². The number of hydrogen-bond donors (Lipinski definition) is 0. The molecular formula is C29H20ClF2N3O4. The predicted molar refractivity (Wildman–Crippen MR) is 143 cm³/mol. The van der Waals surface area contributed by atoms with Crippen LogP contribution in [-0.2, 0) is 11.3 Å². The molecule has 6 aromatic rings. The lowest BCUT2D eigenvalue weighted by molar-refractivity contribution is 0.0516. The Kier molecular flexibility index (Phi) is 6.15. The van der Waals surface area contributed by atoms with Crippen LogP contribution in [0, 0.1) is 11.6 Å². The highest BCUT2D eigenvalue weighted by atomic mass is 35.5. The van der Waals surface area contributed by atoms with E-state index in [2.05, 4.69) is 9.97 Å². The number of methoxy groups -OCH3 is 1. The summed E-state index contributed by atoms with van der Waals surface area (Å²) in [6.07, 6.45) is 2.95. The van der Waals surface area contributed by atoms with Crippen molar-refractivity contribution in [2.45, 2.75) is 13.5 Å². The Balaban J connectivity index is 1.76. The van der Waals surface area contributed by atoms with Gasteiger partial charge in [0.2, 0.25) is 5.88 Å². The SMILES string of the molecule is CCOC(=O)c1c(-c2cccnc2OC)c2c3occc3c(F)cc2n1Cc1cc(Cl)nc2ccc(F)cc12. The van der Waals surface area contributed by atoms with Crippen molar-refractivity contribution in [2.24, 2.45) is 0 Å². The number of hydrogen-bond acceptors (Lipinski definition) is 6. The maximum Gasteiger partial charge on any atom is 0.355 e. The molecule has 0 fully saturated rings. The second-order valence-electron chi connectivity index (χ2n) is 8.77. The minimum Gasteiger partial charge on any atom is -0.481 e. The first kappa shape index (κ1) is 24.8. The minimum atomic E-state index is -0.648. The molecule has 4 heterocycles. The van der Waals surface area contributed by atoms with Crippen LogP contribution in [0.25, 0.3) is 43.9 Å². The summed E-state index contributed by atoms with van der Waals surface area (Å²) in [6.45, 7) is 1.81. The number of furan rings is 1. The highest BCUT2D eigenvalue weighted by Crippen LogP contribution is 2.44. The van der Waals surface area contributed by atoms with Crippen molar-refractivity contribution in [3.63, 3.8) is 0 Å². The number of pyridine rings is 2. The van der Waals surface area contributed by atoms with Gasteiger partial charge in [-0.05, 0) is 61.0 Å². The van der Waals surface area contributed by atoms with Crippen LogP contribution in [0.3, 0.4) is 0 Å². The standard InChI is InChI=1S/C29H20ClF2N3O4/c1-3-38-29(36)26-24(18-5-4-9-33-28(18)37-2)25-22(13-20(32)17-8-10-39-27(17)25)35(26)14-15-11-23(30)34-21-7-6-16(31)12-19(15)21/h4-13H,3,14H2,1-2H3. The fourth-order valence-corrected chi connectivity index (χ4v) is 5.24. The summed E-state index contributed by atoms with van der Waals surface area (Å²) in [5.41, 5.74) is 2.66. The van der Waals surface area contributed by atoms with Gasteiger partial charge in [-0.25, -0.2) is 23.5 Å². The molecule has 0 spiro atoms. The van der Waals surface area contributed by atoms with E-state index in [0.717, 1.165) is 0 Å². The third-order valence-electron chi connectivity index (χ3n) is 6.57. The molecule has 0 aliphatic rings. The Morgan fingerprint density at radius 2 is 1.97 bits per heavy atom. The summed E-state index contributed by atoms with van der Waals surface area (Å²) in [4.78, 5) is 22.2. The molecule has 0 saturated heterocycles. The molecule has 0 N–H and O–H groups in total. The lowest BCUT2D eigenvalue weighted by Crippen LogP contribution is -2.14. The molecule has 0 amide bonds. The number of rotatable bonds is 6. The quantitative estimate of drug-likeness (QED) is 0.162. The van der Waals surface area contributed by atoms with Crippen LogP contribution in [-0.4, -0.2) is 34.2 Å². The van der Waals surface area contributed by atoms with Crippen LogP contribution >= 0.6 is 11.6 Å². The maximum atomic E-state index is 15.4. The average molecular weight is 548 g/mol. The van der Waals surface area contributed by atoms with Gasteiger partial charge in [0.05, 0.1) is 41.8 Å². The molecule has 4 aromatic heterocycles. The molecule has 0 unspecified atom stereocenters. The molecule has 2 aromatic carbocycles. The van der Waals surface area contributed by atoms with Gasteiger partial charge in [0.25, 0.3) is 0 Å². The van der Waals surface area contributed by atoms with E-state index in [1.807, 2.05) is 0 Å². The fourth-order valence-electron chi connectivity index (χ4n) is 5.02. The molecular weight excluding hydrogens is 528 g/mol. The topological polar surface area (TPSA) is 79.4 Å². The number of fused-ring (bicyclic) bond motifs is 4. The summed E-state index contributed by atoms with van der Waals surface area (Å²) >= 11 is 6.32. The lowest BCUT2D eigenvalue weighted by atomic mass is 10.0. The Morgan fingerprint density at radius 1 is 1.13 bits per heavy atom. The van der Waals surface area contributed by atoms with Gasteiger partial charge >= 0.3 is 5.97 Å². The molecule has 0 aliphatic carbocycles. The first-order valence-electron chi connectivity index (χ1n) is 12.0. The van der Waals surface area contributed by atoms with Crippen LogP contribution in [0.1, 0.15) is 23.0 Å². The third kappa shape index (κ3) is 4.06. The minimum absolute atomic E-state index is 0.0150. The Bertz CT molecular complexity index is 1910. The molecule has 0 radical (unpaired) electrons. The number of carbonyl (C=O) groups is 1. The molecule has 39 heavy (non-hydrogen) atoms.